The number of rotatable bonds is 6. The summed E-state index contributed by atoms with van der Waals surface area (Å²) in [6, 6.07) is 10.1. The molecular weight excluding hydrogens is 228 g/mol. The second kappa shape index (κ2) is 7.48. The van der Waals surface area contributed by atoms with Crippen molar-refractivity contribution in [2.45, 2.75) is 6.04 Å². The van der Waals surface area contributed by atoms with E-state index < -0.39 is 0 Å². The molecule has 0 aromatic heterocycles. The molecular formula is C14H22N2O2. The molecule has 0 amide bonds. The molecule has 0 bridgehead atoms. The first-order valence-corrected chi connectivity index (χ1v) is 6.59. The number of aliphatic hydroxyl groups excluding tert-OH is 1. The second-order valence-corrected chi connectivity index (χ2v) is 4.55. The van der Waals surface area contributed by atoms with Crippen LogP contribution in [-0.4, -0.2) is 56.0 Å². The topological polar surface area (TPSA) is 44.7 Å². The molecule has 0 aliphatic carbocycles. The van der Waals surface area contributed by atoms with Gasteiger partial charge in [-0.1, -0.05) is 30.3 Å². The molecule has 2 rings (SSSR count). The zero-order valence-corrected chi connectivity index (χ0v) is 10.7. The van der Waals surface area contributed by atoms with E-state index in [1.54, 1.807) is 0 Å². The lowest BCUT2D eigenvalue weighted by molar-refractivity contribution is 0.0378. The first kappa shape index (κ1) is 13.5. The first-order valence-electron chi connectivity index (χ1n) is 6.59. The van der Waals surface area contributed by atoms with Crippen molar-refractivity contribution in [3.63, 3.8) is 0 Å². The highest BCUT2D eigenvalue weighted by Gasteiger charge is 2.12. The Balaban J connectivity index is 1.73. The zero-order chi connectivity index (χ0) is 12.6. The Kier molecular flexibility index (Phi) is 5.61. The van der Waals surface area contributed by atoms with Crippen molar-refractivity contribution in [2.75, 3.05) is 46.0 Å². The number of nitrogens with one attached hydrogen (secondary N) is 1. The zero-order valence-electron chi connectivity index (χ0n) is 10.7. The van der Waals surface area contributed by atoms with Gasteiger partial charge in [-0.05, 0) is 5.56 Å². The third-order valence-electron chi connectivity index (χ3n) is 3.31. The number of benzene rings is 1. The van der Waals surface area contributed by atoms with Crippen LogP contribution in [0.3, 0.4) is 0 Å². The Morgan fingerprint density at radius 1 is 1.22 bits per heavy atom. The smallest absolute Gasteiger partial charge is 0.0626 e. The normalized spacial score (nSPS) is 18.7. The van der Waals surface area contributed by atoms with Crippen LogP contribution < -0.4 is 5.32 Å². The predicted molar refractivity (Wildman–Crippen MR) is 71.5 cm³/mol. The molecule has 0 unspecified atom stereocenters. The molecule has 1 atom stereocenters. The van der Waals surface area contributed by atoms with E-state index in [0.29, 0.717) is 0 Å². The third kappa shape index (κ3) is 4.07. The summed E-state index contributed by atoms with van der Waals surface area (Å²) in [7, 11) is 0. The Morgan fingerprint density at radius 2 is 1.94 bits per heavy atom. The van der Waals surface area contributed by atoms with Gasteiger partial charge in [0.15, 0.2) is 0 Å². The van der Waals surface area contributed by atoms with E-state index in [1.165, 1.54) is 0 Å². The minimum Gasteiger partial charge on any atom is -0.394 e. The molecule has 2 N–H and O–H groups in total. The predicted octanol–water partition coefficient (Wildman–Crippen LogP) is 0.642. The largest absolute Gasteiger partial charge is 0.394 e. The third-order valence-corrected chi connectivity index (χ3v) is 3.31. The highest BCUT2D eigenvalue weighted by molar-refractivity contribution is 5.18. The molecule has 1 aromatic carbocycles. The summed E-state index contributed by atoms with van der Waals surface area (Å²) in [5, 5.41) is 12.8. The average Bonchev–Trinajstić information content (AvgIpc) is 2.46. The maximum absolute atomic E-state index is 9.42. The number of nitrogens with zero attached hydrogens (tertiary/aromatic N) is 1. The highest BCUT2D eigenvalue weighted by Crippen LogP contribution is 2.11. The van der Waals surface area contributed by atoms with Crippen LogP contribution in [0.25, 0.3) is 0 Å². The number of hydrogen-bond donors (Lipinski definition) is 2. The molecule has 1 aromatic rings. The maximum Gasteiger partial charge on any atom is 0.0626 e. The standard InChI is InChI=1S/C14H22N2O2/c17-12-14(13-4-2-1-3-5-13)15-6-7-16-8-10-18-11-9-16/h1-5,14-15,17H,6-12H2/t14-/m0/s1. The van der Waals surface area contributed by atoms with Gasteiger partial charge in [-0.15, -0.1) is 0 Å². The van der Waals surface area contributed by atoms with Gasteiger partial charge < -0.3 is 15.2 Å². The van der Waals surface area contributed by atoms with Crippen LogP contribution in [0, 0.1) is 0 Å². The van der Waals surface area contributed by atoms with E-state index in [-0.39, 0.29) is 12.6 Å². The number of morpholine rings is 1. The summed E-state index contributed by atoms with van der Waals surface area (Å²) in [6.45, 7) is 5.72. The van der Waals surface area contributed by atoms with E-state index in [9.17, 15) is 5.11 Å². The van der Waals surface area contributed by atoms with Crippen LogP contribution in [0.15, 0.2) is 30.3 Å². The number of aliphatic hydroxyl groups is 1. The van der Waals surface area contributed by atoms with Gasteiger partial charge >= 0.3 is 0 Å². The monoisotopic (exact) mass is 250 g/mol. The lowest BCUT2D eigenvalue weighted by atomic mass is 10.1. The quantitative estimate of drug-likeness (QED) is 0.778. The lowest BCUT2D eigenvalue weighted by Gasteiger charge is -2.27. The van der Waals surface area contributed by atoms with Gasteiger partial charge in [0.05, 0.1) is 25.9 Å². The van der Waals surface area contributed by atoms with E-state index in [2.05, 4.69) is 10.2 Å². The summed E-state index contributed by atoms with van der Waals surface area (Å²) < 4.78 is 5.32. The maximum atomic E-state index is 9.42. The van der Waals surface area contributed by atoms with E-state index in [4.69, 9.17) is 4.74 Å². The van der Waals surface area contributed by atoms with E-state index in [1.807, 2.05) is 30.3 Å². The average molecular weight is 250 g/mol. The number of ether oxygens (including phenoxy) is 1. The Hall–Kier alpha value is -0.940. The molecule has 1 saturated heterocycles. The molecule has 4 heteroatoms. The SMILES string of the molecule is OC[C@H](NCCN1CCOCC1)c1ccccc1. The van der Waals surface area contributed by atoms with Gasteiger partial charge in [-0.25, -0.2) is 0 Å². The molecule has 1 aliphatic rings. The lowest BCUT2D eigenvalue weighted by Crippen LogP contribution is -2.41. The summed E-state index contributed by atoms with van der Waals surface area (Å²) in [4.78, 5) is 2.38. The van der Waals surface area contributed by atoms with Crippen LogP contribution in [-0.2, 0) is 4.74 Å². The van der Waals surface area contributed by atoms with Crippen molar-refractivity contribution in [3.8, 4) is 0 Å². The van der Waals surface area contributed by atoms with Crippen molar-refractivity contribution in [1.82, 2.24) is 10.2 Å². The molecule has 0 saturated carbocycles. The van der Waals surface area contributed by atoms with Gasteiger partial charge in [0.25, 0.3) is 0 Å². The van der Waals surface area contributed by atoms with E-state index >= 15 is 0 Å². The van der Waals surface area contributed by atoms with Crippen molar-refractivity contribution >= 4 is 0 Å². The molecule has 18 heavy (non-hydrogen) atoms. The van der Waals surface area contributed by atoms with Crippen LogP contribution in [0.4, 0.5) is 0 Å². The van der Waals surface area contributed by atoms with Crippen LogP contribution >= 0.6 is 0 Å². The summed E-state index contributed by atoms with van der Waals surface area (Å²) in [6.07, 6.45) is 0. The second-order valence-electron chi connectivity index (χ2n) is 4.55. The molecule has 0 spiro atoms. The van der Waals surface area contributed by atoms with Crippen LogP contribution in [0.1, 0.15) is 11.6 Å². The van der Waals surface area contributed by atoms with Crippen LogP contribution in [0.2, 0.25) is 0 Å². The molecule has 0 radical (unpaired) electrons. The van der Waals surface area contributed by atoms with Gasteiger partial charge in [0, 0.05) is 26.2 Å². The summed E-state index contributed by atoms with van der Waals surface area (Å²) in [5.41, 5.74) is 1.14. The number of hydrogen-bond acceptors (Lipinski definition) is 4. The molecule has 1 aliphatic heterocycles. The summed E-state index contributed by atoms with van der Waals surface area (Å²) >= 11 is 0. The van der Waals surface area contributed by atoms with E-state index in [0.717, 1.165) is 45.0 Å². The van der Waals surface area contributed by atoms with Gasteiger partial charge in [-0.3, -0.25) is 4.90 Å². The minimum atomic E-state index is 0.0345. The van der Waals surface area contributed by atoms with Crippen molar-refractivity contribution in [3.05, 3.63) is 35.9 Å². The fourth-order valence-electron chi connectivity index (χ4n) is 2.19. The molecule has 100 valence electrons. The fraction of sp³-hybridized carbons (Fsp3) is 0.571. The first-order chi connectivity index (χ1) is 8.90. The molecule has 1 heterocycles. The van der Waals surface area contributed by atoms with Crippen molar-refractivity contribution in [1.29, 1.82) is 0 Å². The molecule has 4 nitrogen and oxygen atoms in total. The highest BCUT2D eigenvalue weighted by atomic mass is 16.5. The van der Waals surface area contributed by atoms with Crippen molar-refractivity contribution in [2.24, 2.45) is 0 Å². The molecule has 1 fully saturated rings. The fourth-order valence-corrected chi connectivity index (χ4v) is 2.19. The Bertz CT molecular complexity index is 326. The minimum absolute atomic E-state index is 0.0345. The van der Waals surface area contributed by atoms with Crippen LogP contribution in [0.5, 0.6) is 0 Å². The van der Waals surface area contributed by atoms with Gasteiger partial charge in [-0.2, -0.15) is 0 Å². The Labute approximate surface area is 109 Å². The van der Waals surface area contributed by atoms with Gasteiger partial charge in [0.1, 0.15) is 0 Å². The summed E-state index contributed by atoms with van der Waals surface area (Å²) in [5.74, 6) is 0. The van der Waals surface area contributed by atoms with Gasteiger partial charge in [0.2, 0.25) is 0 Å². The van der Waals surface area contributed by atoms with Crippen molar-refractivity contribution < 1.29 is 9.84 Å². The Morgan fingerprint density at radius 3 is 2.61 bits per heavy atom.